The van der Waals surface area contributed by atoms with Gasteiger partial charge in [0.1, 0.15) is 0 Å². The third kappa shape index (κ3) is 4.46. The van der Waals surface area contributed by atoms with E-state index in [0.29, 0.717) is 28.0 Å². The number of aromatic nitrogens is 4. The Morgan fingerprint density at radius 2 is 1.78 bits per heavy atom. The number of nitrogens with zero attached hydrogens (tertiary/aromatic N) is 5. The zero-order chi connectivity index (χ0) is 18.8. The first kappa shape index (κ1) is 18.7. The molecule has 1 aromatic heterocycles. The number of hydrogen-bond acceptors (Lipinski definition) is 5. The molecule has 8 heteroatoms. The summed E-state index contributed by atoms with van der Waals surface area (Å²) in [6, 6.07) is 8.20. The van der Waals surface area contributed by atoms with Crippen LogP contribution in [-0.4, -0.2) is 48.9 Å². The van der Waals surface area contributed by atoms with Crippen molar-refractivity contribution in [2.45, 2.75) is 62.7 Å². The van der Waals surface area contributed by atoms with E-state index in [2.05, 4.69) is 27.3 Å². The number of halogens is 1. The van der Waals surface area contributed by atoms with Crippen LogP contribution in [0.1, 0.15) is 45.4 Å². The van der Waals surface area contributed by atoms with Crippen molar-refractivity contribution >= 4 is 29.3 Å². The number of carbonyl (C=O) groups excluding carboxylic acids is 1. The van der Waals surface area contributed by atoms with Gasteiger partial charge in [0.2, 0.25) is 11.1 Å². The summed E-state index contributed by atoms with van der Waals surface area (Å²) in [5.41, 5.74) is 0.833. The molecule has 2 aromatic rings. The summed E-state index contributed by atoms with van der Waals surface area (Å²) in [5, 5.41) is 13.2. The molecule has 6 nitrogen and oxygen atoms in total. The van der Waals surface area contributed by atoms with Crippen molar-refractivity contribution in [3.8, 4) is 5.69 Å². The topological polar surface area (TPSA) is 63.9 Å². The van der Waals surface area contributed by atoms with Crippen LogP contribution in [0.15, 0.2) is 29.4 Å². The first-order valence-corrected chi connectivity index (χ1v) is 11.0. The molecule has 4 rings (SSSR count). The summed E-state index contributed by atoms with van der Waals surface area (Å²) in [6.45, 7) is 2.31. The Kier molecular flexibility index (Phi) is 5.68. The highest BCUT2D eigenvalue weighted by atomic mass is 35.5. The lowest BCUT2D eigenvalue weighted by Gasteiger charge is -2.36. The van der Waals surface area contributed by atoms with Crippen LogP contribution in [0.2, 0.25) is 5.02 Å². The van der Waals surface area contributed by atoms with E-state index in [1.165, 1.54) is 24.6 Å². The van der Waals surface area contributed by atoms with E-state index in [1.54, 1.807) is 16.8 Å². The molecule has 2 saturated carbocycles. The molecule has 27 heavy (non-hydrogen) atoms. The van der Waals surface area contributed by atoms with Gasteiger partial charge in [-0.15, -0.1) is 5.10 Å². The fourth-order valence-corrected chi connectivity index (χ4v) is 4.68. The van der Waals surface area contributed by atoms with Crippen molar-refractivity contribution in [1.29, 1.82) is 0 Å². The van der Waals surface area contributed by atoms with Crippen LogP contribution in [0.4, 0.5) is 0 Å². The van der Waals surface area contributed by atoms with Crippen LogP contribution in [0.5, 0.6) is 0 Å². The molecule has 1 heterocycles. The van der Waals surface area contributed by atoms with Gasteiger partial charge in [-0.05, 0) is 79.1 Å². The second-order valence-electron chi connectivity index (χ2n) is 7.58. The highest BCUT2D eigenvalue weighted by molar-refractivity contribution is 7.99. The number of amides is 1. The van der Waals surface area contributed by atoms with E-state index < -0.39 is 0 Å². The molecule has 0 aliphatic heterocycles. The van der Waals surface area contributed by atoms with Crippen molar-refractivity contribution in [1.82, 2.24) is 25.1 Å². The Hall–Kier alpha value is -1.60. The van der Waals surface area contributed by atoms with Gasteiger partial charge in [0, 0.05) is 17.1 Å². The van der Waals surface area contributed by atoms with Crippen molar-refractivity contribution < 1.29 is 4.79 Å². The molecule has 0 radical (unpaired) electrons. The number of rotatable bonds is 6. The molecule has 0 spiro atoms. The highest BCUT2D eigenvalue weighted by Gasteiger charge is 2.38. The van der Waals surface area contributed by atoms with Gasteiger partial charge in [-0.1, -0.05) is 30.3 Å². The third-order valence-electron chi connectivity index (χ3n) is 5.44. The Bertz CT molecular complexity index is 784. The summed E-state index contributed by atoms with van der Waals surface area (Å²) in [7, 11) is 0. The molecule has 2 aliphatic carbocycles. The molecular weight excluding hydrogens is 382 g/mol. The summed E-state index contributed by atoms with van der Waals surface area (Å²) >= 11 is 7.35. The lowest BCUT2D eigenvalue weighted by atomic mass is 9.86. The average Bonchev–Trinajstić information content (AvgIpc) is 3.39. The maximum atomic E-state index is 13.0. The molecule has 0 saturated heterocycles. The largest absolute Gasteiger partial charge is 0.336 e. The Labute approximate surface area is 168 Å². The Morgan fingerprint density at radius 1 is 1.15 bits per heavy atom. The number of tetrazole rings is 1. The summed E-state index contributed by atoms with van der Waals surface area (Å²) in [6.07, 6.45) is 7.01. The Balaban J connectivity index is 1.41. The van der Waals surface area contributed by atoms with E-state index in [0.717, 1.165) is 37.3 Å². The molecule has 0 N–H and O–H groups in total. The number of carbonyl (C=O) groups is 1. The van der Waals surface area contributed by atoms with Crippen LogP contribution >= 0.6 is 23.4 Å². The Morgan fingerprint density at radius 3 is 2.41 bits per heavy atom. The molecule has 1 aromatic carbocycles. The maximum absolute atomic E-state index is 13.0. The smallest absolute Gasteiger partial charge is 0.233 e. The molecular formula is C19H24ClN5OS. The van der Waals surface area contributed by atoms with Gasteiger partial charge in [-0.3, -0.25) is 4.79 Å². The number of hydrogen-bond donors (Lipinski definition) is 0. The highest BCUT2D eigenvalue weighted by Crippen LogP contribution is 2.36. The molecule has 1 amide bonds. The minimum absolute atomic E-state index is 0.215. The lowest BCUT2D eigenvalue weighted by Crippen LogP contribution is -2.44. The summed E-state index contributed by atoms with van der Waals surface area (Å²) in [4.78, 5) is 15.2. The first-order chi connectivity index (χ1) is 13.1. The number of benzene rings is 1. The van der Waals surface area contributed by atoms with Crippen LogP contribution in [-0.2, 0) is 4.79 Å². The second-order valence-corrected chi connectivity index (χ2v) is 8.96. The minimum Gasteiger partial charge on any atom is -0.336 e. The third-order valence-corrected chi connectivity index (χ3v) is 6.60. The quantitative estimate of drug-likeness (QED) is 0.680. The zero-order valence-electron chi connectivity index (χ0n) is 15.4. The van der Waals surface area contributed by atoms with Crippen LogP contribution in [0.3, 0.4) is 0 Å². The zero-order valence-corrected chi connectivity index (χ0v) is 17.0. The molecule has 0 bridgehead atoms. The van der Waals surface area contributed by atoms with Crippen molar-refractivity contribution in [2.75, 3.05) is 5.75 Å². The van der Waals surface area contributed by atoms with Crippen molar-refractivity contribution in [3.05, 3.63) is 29.3 Å². The predicted molar refractivity (Wildman–Crippen MR) is 106 cm³/mol. The predicted octanol–water partition coefficient (Wildman–Crippen LogP) is 3.98. The van der Waals surface area contributed by atoms with Gasteiger partial charge in [0.05, 0.1) is 11.4 Å². The van der Waals surface area contributed by atoms with Gasteiger partial charge in [-0.2, -0.15) is 4.68 Å². The monoisotopic (exact) mass is 405 g/mol. The fraction of sp³-hybridized carbons (Fsp3) is 0.579. The molecule has 144 valence electrons. The van der Waals surface area contributed by atoms with Gasteiger partial charge in [-0.25, -0.2) is 0 Å². The van der Waals surface area contributed by atoms with E-state index in [1.807, 2.05) is 12.1 Å². The summed E-state index contributed by atoms with van der Waals surface area (Å²) < 4.78 is 1.65. The summed E-state index contributed by atoms with van der Waals surface area (Å²) in [5.74, 6) is 1.37. The standard InChI is InChI=1S/C19H24ClN5OS/c1-13-2-6-15(7-3-13)24(16-10-11-16)18(26)12-27-19-21-22-23-25(19)17-8-4-14(20)5-9-17/h4-5,8-9,13,15-16H,2-3,6-7,10-12H2,1H3. The van der Waals surface area contributed by atoms with Gasteiger partial charge < -0.3 is 4.90 Å². The first-order valence-electron chi connectivity index (χ1n) is 9.60. The van der Waals surface area contributed by atoms with Crippen LogP contribution in [0.25, 0.3) is 5.69 Å². The van der Waals surface area contributed by atoms with E-state index in [9.17, 15) is 4.79 Å². The molecule has 2 fully saturated rings. The fourth-order valence-electron chi connectivity index (χ4n) is 3.79. The van der Waals surface area contributed by atoms with E-state index in [-0.39, 0.29) is 5.91 Å². The number of thioether (sulfide) groups is 1. The van der Waals surface area contributed by atoms with Crippen molar-refractivity contribution in [2.24, 2.45) is 5.92 Å². The van der Waals surface area contributed by atoms with Gasteiger partial charge >= 0.3 is 0 Å². The lowest BCUT2D eigenvalue weighted by molar-refractivity contribution is -0.132. The minimum atomic E-state index is 0.215. The second kappa shape index (κ2) is 8.19. The van der Waals surface area contributed by atoms with Gasteiger partial charge in [0.15, 0.2) is 0 Å². The maximum Gasteiger partial charge on any atom is 0.233 e. The SMILES string of the molecule is CC1CCC(N(C(=O)CSc2nnnn2-c2ccc(Cl)cc2)C2CC2)CC1. The molecule has 2 aliphatic rings. The molecule has 0 unspecified atom stereocenters. The average molecular weight is 406 g/mol. The van der Waals surface area contributed by atoms with E-state index >= 15 is 0 Å². The van der Waals surface area contributed by atoms with Crippen molar-refractivity contribution in [3.63, 3.8) is 0 Å². The van der Waals surface area contributed by atoms with Crippen LogP contribution in [0, 0.1) is 5.92 Å². The molecule has 0 atom stereocenters. The normalized spacial score (nSPS) is 22.6. The van der Waals surface area contributed by atoms with Gasteiger partial charge in [0.25, 0.3) is 0 Å². The van der Waals surface area contributed by atoms with Crippen LogP contribution < -0.4 is 0 Å². The van der Waals surface area contributed by atoms with E-state index in [4.69, 9.17) is 11.6 Å².